The topological polar surface area (TPSA) is 126 Å². The van der Waals surface area contributed by atoms with E-state index in [1.165, 1.54) is 13.0 Å². The minimum absolute atomic E-state index is 0.0372. The molecule has 264 valence electrons. The smallest absolute Gasteiger partial charge is 0.308 e. The molecule has 1 aromatic rings. The van der Waals surface area contributed by atoms with Crippen molar-refractivity contribution in [1.82, 2.24) is 10.3 Å². The number of ether oxygens (including phenoxy) is 5. The Balaban J connectivity index is 1.19. The Morgan fingerprint density at radius 2 is 1.94 bits per heavy atom. The van der Waals surface area contributed by atoms with Crippen LogP contribution in [0.3, 0.4) is 0 Å². The summed E-state index contributed by atoms with van der Waals surface area (Å²) >= 11 is 0. The highest BCUT2D eigenvalue weighted by Gasteiger charge is 2.51. The normalized spacial score (nSPS) is 30.2. The molecular weight excluding hydrogens is 653 g/mol. The molecule has 0 aliphatic carbocycles. The molecule has 9 atom stereocenters. The minimum Gasteiger partial charge on any atom is -0.464 e. The van der Waals surface area contributed by atoms with Crippen LogP contribution in [0.15, 0.2) is 65.4 Å². The lowest BCUT2D eigenvalue weighted by Crippen LogP contribution is -2.50. The van der Waals surface area contributed by atoms with Gasteiger partial charge in [0, 0.05) is 37.3 Å². The average molecular weight is 703 g/mol. The van der Waals surface area contributed by atoms with Crippen molar-refractivity contribution in [2.45, 2.75) is 126 Å². The Kier molecular flexibility index (Phi) is 14.6. The predicted octanol–water partition coefficient (Wildman–Crippen LogP) is 6.16. The van der Waals surface area contributed by atoms with Crippen molar-refractivity contribution in [2.24, 2.45) is 5.92 Å². The largest absolute Gasteiger partial charge is 0.464 e. The third kappa shape index (κ3) is 13.0. The number of pyridine rings is 1. The lowest BCUT2D eigenvalue weighted by Gasteiger charge is -2.39. The highest BCUT2D eigenvalue weighted by molar-refractivity contribution is 8.76. The fourth-order valence-electron chi connectivity index (χ4n) is 5.89. The summed E-state index contributed by atoms with van der Waals surface area (Å²) in [7, 11) is 3.21. The molecule has 0 saturated carbocycles. The number of amides is 1. The monoisotopic (exact) mass is 702 g/mol. The quantitative estimate of drug-likeness (QED) is 0.0743. The SMILES string of the molecule is CC(=O)OC(C)C=CC(=O)NC1CC(C)C(CC=C(C)C=CC2CC3(CO3)CC(CC(=O)OCC(C)SSc3ccccn3)O2)OC1C. The first-order valence-corrected chi connectivity index (χ1v) is 19.0. The van der Waals surface area contributed by atoms with Crippen LogP contribution in [0.5, 0.6) is 0 Å². The van der Waals surface area contributed by atoms with Gasteiger partial charge < -0.3 is 29.0 Å². The fourth-order valence-corrected chi connectivity index (χ4v) is 7.76. The number of carbonyl (C=O) groups excluding carboxylic acids is 3. The molecule has 9 unspecified atom stereocenters. The van der Waals surface area contributed by atoms with E-state index in [0.29, 0.717) is 19.6 Å². The first-order chi connectivity index (χ1) is 22.9. The van der Waals surface area contributed by atoms with Crippen molar-refractivity contribution in [3.63, 3.8) is 0 Å². The number of hydrogen-bond donors (Lipinski definition) is 1. The molecule has 0 radical (unpaired) electrons. The summed E-state index contributed by atoms with van der Waals surface area (Å²) in [6.45, 7) is 12.3. The number of carbonyl (C=O) groups is 3. The molecule has 48 heavy (non-hydrogen) atoms. The molecule has 3 aliphatic rings. The van der Waals surface area contributed by atoms with Gasteiger partial charge in [-0.2, -0.15) is 0 Å². The Morgan fingerprint density at radius 3 is 2.65 bits per heavy atom. The van der Waals surface area contributed by atoms with Crippen LogP contribution in [0.2, 0.25) is 0 Å². The van der Waals surface area contributed by atoms with Crippen molar-refractivity contribution in [3.05, 3.63) is 60.3 Å². The summed E-state index contributed by atoms with van der Waals surface area (Å²) < 4.78 is 29.1. The molecule has 0 bridgehead atoms. The number of esters is 2. The summed E-state index contributed by atoms with van der Waals surface area (Å²) in [6.07, 6.45) is 13.3. The van der Waals surface area contributed by atoms with Crippen LogP contribution in [-0.2, 0) is 38.1 Å². The van der Waals surface area contributed by atoms with Crippen molar-refractivity contribution in [2.75, 3.05) is 13.2 Å². The molecular formula is C36H50N2O8S2. The average Bonchev–Trinajstić information content (AvgIpc) is 3.78. The molecule has 10 nitrogen and oxygen atoms in total. The van der Waals surface area contributed by atoms with Crippen LogP contribution in [0.4, 0.5) is 0 Å². The van der Waals surface area contributed by atoms with E-state index in [2.05, 4.69) is 42.4 Å². The van der Waals surface area contributed by atoms with Gasteiger partial charge in [-0.05, 0) is 75.5 Å². The van der Waals surface area contributed by atoms with Crippen LogP contribution in [0.25, 0.3) is 0 Å². The van der Waals surface area contributed by atoms with E-state index in [1.54, 1.807) is 40.8 Å². The number of allylic oxidation sites excluding steroid dienone is 2. The first kappa shape index (κ1) is 38.2. The van der Waals surface area contributed by atoms with Crippen LogP contribution in [-0.4, -0.2) is 83.5 Å². The van der Waals surface area contributed by atoms with Gasteiger partial charge in [0.15, 0.2) is 0 Å². The molecule has 3 aliphatic heterocycles. The van der Waals surface area contributed by atoms with Crippen LogP contribution in [0, 0.1) is 5.92 Å². The number of hydrogen-bond acceptors (Lipinski definition) is 11. The van der Waals surface area contributed by atoms with Crippen LogP contribution in [0.1, 0.15) is 73.6 Å². The second-order valence-electron chi connectivity index (χ2n) is 13.1. The number of aromatic nitrogens is 1. The zero-order chi connectivity index (χ0) is 34.7. The second kappa shape index (κ2) is 18.4. The highest BCUT2D eigenvalue weighted by atomic mass is 33.1. The molecule has 1 spiro atoms. The highest BCUT2D eigenvalue weighted by Crippen LogP contribution is 2.43. The predicted molar refractivity (Wildman–Crippen MR) is 187 cm³/mol. The zero-order valence-electron chi connectivity index (χ0n) is 28.8. The van der Waals surface area contributed by atoms with Gasteiger partial charge in [-0.3, -0.25) is 14.4 Å². The van der Waals surface area contributed by atoms with Crippen LogP contribution < -0.4 is 5.32 Å². The van der Waals surface area contributed by atoms with E-state index >= 15 is 0 Å². The van der Waals surface area contributed by atoms with Gasteiger partial charge in [0.25, 0.3) is 0 Å². The van der Waals surface area contributed by atoms with Gasteiger partial charge >= 0.3 is 11.9 Å². The maximum Gasteiger partial charge on any atom is 0.308 e. The molecule has 12 heteroatoms. The molecule has 1 aromatic heterocycles. The Hall–Kier alpha value is -2.64. The number of nitrogens with one attached hydrogen (secondary N) is 1. The van der Waals surface area contributed by atoms with E-state index in [1.807, 2.05) is 32.0 Å². The van der Waals surface area contributed by atoms with E-state index in [0.717, 1.165) is 29.9 Å². The fraction of sp³-hybridized carbons (Fsp3) is 0.611. The van der Waals surface area contributed by atoms with Gasteiger partial charge in [-0.25, -0.2) is 4.98 Å². The Bertz CT molecular complexity index is 1320. The van der Waals surface area contributed by atoms with E-state index in [4.69, 9.17) is 23.7 Å². The third-order valence-electron chi connectivity index (χ3n) is 8.56. The maximum atomic E-state index is 12.7. The van der Waals surface area contributed by atoms with E-state index < -0.39 is 6.10 Å². The zero-order valence-corrected chi connectivity index (χ0v) is 30.4. The number of nitrogens with zero attached hydrogens (tertiary/aromatic N) is 1. The summed E-state index contributed by atoms with van der Waals surface area (Å²) in [6, 6.07) is 5.69. The van der Waals surface area contributed by atoms with Crippen molar-refractivity contribution in [3.8, 4) is 0 Å². The van der Waals surface area contributed by atoms with Crippen molar-refractivity contribution in [1.29, 1.82) is 0 Å². The van der Waals surface area contributed by atoms with Gasteiger partial charge in [0.1, 0.15) is 17.7 Å². The lowest BCUT2D eigenvalue weighted by atomic mass is 9.88. The first-order valence-electron chi connectivity index (χ1n) is 16.8. The van der Waals surface area contributed by atoms with Crippen LogP contribution >= 0.6 is 21.6 Å². The van der Waals surface area contributed by atoms with Crippen molar-refractivity contribution >= 4 is 39.4 Å². The number of rotatable bonds is 15. The molecule has 0 aromatic carbocycles. The van der Waals surface area contributed by atoms with E-state index in [-0.39, 0.29) is 71.5 Å². The van der Waals surface area contributed by atoms with Gasteiger partial charge in [0.2, 0.25) is 5.91 Å². The summed E-state index contributed by atoms with van der Waals surface area (Å²) in [4.78, 5) is 40.5. The molecule has 4 rings (SSSR count). The van der Waals surface area contributed by atoms with Gasteiger partial charge in [0.05, 0.1) is 49.1 Å². The summed E-state index contributed by atoms with van der Waals surface area (Å²) in [5.74, 6) is -0.626. The minimum atomic E-state index is -0.467. The summed E-state index contributed by atoms with van der Waals surface area (Å²) in [5.41, 5.74) is 0.897. The standard InChI is InChI=1S/C36H50N2O8S2/c1-23(11-14-32-24(2)17-31(27(5)45-32)38-33(40)15-12-25(3)44-28(6)39)10-13-29-19-36(22-43-36)20-30(46-29)18-35(41)42-21-26(4)47-48-34-9-7-8-16-37-34/h7-13,15-16,24-27,29-32H,14,17-22H2,1-6H3,(H,38,40). The molecule has 4 heterocycles. The molecule has 1 N–H and O–H groups in total. The third-order valence-corrected chi connectivity index (χ3v) is 11.3. The second-order valence-corrected chi connectivity index (χ2v) is 15.8. The summed E-state index contributed by atoms with van der Waals surface area (Å²) in [5, 5.41) is 4.08. The van der Waals surface area contributed by atoms with E-state index in [9.17, 15) is 14.4 Å². The molecule has 3 fully saturated rings. The van der Waals surface area contributed by atoms with Crippen molar-refractivity contribution < 1.29 is 38.1 Å². The maximum absolute atomic E-state index is 12.7. The Morgan fingerprint density at radius 1 is 1.15 bits per heavy atom. The number of epoxide rings is 1. The molecule has 3 saturated heterocycles. The lowest BCUT2D eigenvalue weighted by molar-refractivity contribution is -0.150. The van der Waals surface area contributed by atoms with Gasteiger partial charge in [-0.15, -0.1) is 0 Å². The molecule has 1 amide bonds. The Labute approximate surface area is 292 Å². The van der Waals surface area contributed by atoms with Gasteiger partial charge in [-0.1, -0.05) is 47.6 Å².